The summed E-state index contributed by atoms with van der Waals surface area (Å²) in [5.74, 6) is -1.19. The normalized spacial score (nSPS) is 11.3. The van der Waals surface area contributed by atoms with Crippen LogP contribution in [0.25, 0.3) is 0 Å². The van der Waals surface area contributed by atoms with Crippen LogP contribution in [0.5, 0.6) is 5.88 Å². The number of aromatic hydroxyl groups is 1. The van der Waals surface area contributed by atoms with Gasteiger partial charge in [-0.25, -0.2) is 10.2 Å². The van der Waals surface area contributed by atoms with Crippen LogP contribution in [0.4, 0.5) is 0 Å². The van der Waals surface area contributed by atoms with Crippen molar-refractivity contribution in [3.05, 3.63) is 61.3 Å². The molecule has 0 saturated heterocycles. The summed E-state index contributed by atoms with van der Waals surface area (Å²) in [5.41, 5.74) is 0.717. The molecule has 0 bridgehead atoms. The van der Waals surface area contributed by atoms with Crippen LogP contribution in [0.1, 0.15) is 29.3 Å². The molecule has 9 heteroatoms. The Labute approximate surface area is 134 Å². The first kappa shape index (κ1) is 16.5. The van der Waals surface area contributed by atoms with Crippen molar-refractivity contribution >= 4 is 23.2 Å². The smallest absolute Gasteiger partial charge is 0.328 e. The van der Waals surface area contributed by atoms with Gasteiger partial charge in [-0.3, -0.25) is 19.6 Å². The first-order chi connectivity index (χ1) is 10.9. The maximum Gasteiger partial charge on any atom is 0.328 e. The average Bonchev–Trinajstić information content (AvgIpc) is 2.49. The van der Waals surface area contributed by atoms with Gasteiger partial charge in [0.05, 0.1) is 16.3 Å². The van der Waals surface area contributed by atoms with Gasteiger partial charge in [0.25, 0.3) is 11.5 Å². The molecule has 0 saturated carbocycles. The molecule has 0 atom stereocenters. The molecule has 0 fully saturated rings. The van der Waals surface area contributed by atoms with Crippen LogP contribution >= 0.6 is 11.6 Å². The number of halogens is 1. The van der Waals surface area contributed by atoms with Crippen molar-refractivity contribution in [2.75, 3.05) is 0 Å². The molecular formula is C14H13ClN4O4. The number of amides is 1. The van der Waals surface area contributed by atoms with E-state index in [9.17, 15) is 19.5 Å². The lowest BCUT2D eigenvalue weighted by molar-refractivity contribution is 0.0955. The second kappa shape index (κ2) is 6.93. The zero-order chi connectivity index (χ0) is 17.0. The summed E-state index contributed by atoms with van der Waals surface area (Å²) in [6.07, 6.45) is 0.228. The van der Waals surface area contributed by atoms with Crippen LogP contribution in [0.3, 0.4) is 0 Å². The van der Waals surface area contributed by atoms with Gasteiger partial charge in [-0.15, -0.1) is 0 Å². The predicted octanol–water partition coefficient (Wildman–Crippen LogP) is 0.966. The molecule has 2 aromatic rings. The molecule has 0 aliphatic carbocycles. The van der Waals surface area contributed by atoms with E-state index < -0.39 is 23.0 Å². The number of hydrogen-bond acceptors (Lipinski definition) is 5. The molecule has 0 radical (unpaired) electrons. The molecule has 2 rings (SSSR count). The van der Waals surface area contributed by atoms with Gasteiger partial charge in [0.1, 0.15) is 5.56 Å². The zero-order valence-electron chi connectivity index (χ0n) is 12.0. The number of aromatic nitrogens is 2. The topological polar surface area (TPSA) is 127 Å². The van der Waals surface area contributed by atoms with E-state index >= 15 is 0 Å². The van der Waals surface area contributed by atoms with Crippen molar-refractivity contribution in [2.45, 2.75) is 13.3 Å². The van der Waals surface area contributed by atoms with Gasteiger partial charge in [0, 0.05) is 0 Å². The molecule has 120 valence electrons. The van der Waals surface area contributed by atoms with E-state index in [2.05, 4.69) is 15.5 Å². The molecule has 1 heterocycles. The molecule has 0 spiro atoms. The van der Waals surface area contributed by atoms with E-state index in [4.69, 9.17) is 11.6 Å². The van der Waals surface area contributed by atoms with E-state index in [1.165, 1.54) is 6.07 Å². The monoisotopic (exact) mass is 336 g/mol. The van der Waals surface area contributed by atoms with Crippen LogP contribution < -0.4 is 16.7 Å². The lowest BCUT2D eigenvalue weighted by Crippen LogP contribution is -2.29. The zero-order valence-corrected chi connectivity index (χ0v) is 12.8. The van der Waals surface area contributed by atoms with Crippen molar-refractivity contribution in [2.24, 2.45) is 5.10 Å². The molecule has 23 heavy (non-hydrogen) atoms. The van der Waals surface area contributed by atoms with E-state index in [1.807, 2.05) is 4.98 Å². The summed E-state index contributed by atoms with van der Waals surface area (Å²) in [6, 6.07) is 6.39. The fraction of sp³-hybridized carbons (Fsp3) is 0.143. The Morgan fingerprint density at radius 3 is 2.61 bits per heavy atom. The van der Waals surface area contributed by atoms with Crippen LogP contribution in [-0.2, 0) is 0 Å². The number of rotatable bonds is 4. The van der Waals surface area contributed by atoms with Crippen molar-refractivity contribution in [3.63, 3.8) is 0 Å². The lowest BCUT2D eigenvalue weighted by Gasteiger charge is -2.06. The third-order valence-electron chi connectivity index (χ3n) is 2.96. The van der Waals surface area contributed by atoms with Gasteiger partial charge in [-0.2, -0.15) is 5.10 Å². The Kier molecular flexibility index (Phi) is 4.97. The summed E-state index contributed by atoms with van der Waals surface area (Å²) in [6.45, 7) is 1.67. The fourth-order valence-corrected chi connectivity index (χ4v) is 2.10. The number of benzene rings is 1. The molecule has 1 aromatic carbocycles. The second-order valence-electron chi connectivity index (χ2n) is 4.46. The van der Waals surface area contributed by atoms with Crippen molar-refractivity contribution < 1.29 is 9.90 Å². The number of carbonyl (C=O) groups excluding carboxylic acids is 1. The van der Waals surface area contributed by atoms with Crippen molar-refractivity contribution in [1.82, 2.24) is 15.4 Å². The van der Waals surface area contributed by atoms with Crippen molar-refractivity contribution in [3.8, 4) is 5.88 Å². The van der Waals surface area contributed by atoms with Gasteiger partial charge in [0.2, 0.25) is 5.88 Å². The fourth-order valence-electron chi connectivity index (χ4n) is 1.88. The maximum atomic E-state index is 12.0. The number of hydrazone groups is 1. The van der Waals surface area contributed by atoms with Crippen LogP contribution in [0.2, 0.25) is 5.02 Å². The minimum Gasteiger partial charge on any atom is -0.494 e. The van der Waals surface area contributed by atoms with Gasteiger partial charge < -0.3 is 5.11 Å². The third kappa shape index (κ3) is 3.67. The molecule has 8 nitrogen and oxygen atoms in total. The number of aromatic amines is 2. The number of nitrogens with zero attached hydrogens (tertiary/aromatic N) is 1. The van der Waals surface area contributed by atoms with Gasteiger partial charge in [-0.05, 0) is 18.6 Å². The van der Waals surface area contributed by atoms with Crippen LogP contribution in [0, 0.1) is 0 Å². The standard InChI is InChI=1S/C14H13ClN4O4/c1-2-9(10-12(21)16-14(23)17-13(10)22)18-19-11(20)7-5-3-4-6-8(7)15/h3-6H,2H2,1H3,(H,19,20)(H3,16,17,21,22,23). The first-order valence-electron chi connectivity index (χ1n) is 6.61. The van der Waals surface area contributed by atoms with E-state index in [-0.39, 0.29) is 28.3 Å². The Morgan fingerprint density at radius 2 is 2.00 bits per heavy atom. The number of nitrogens with one attached hydrogen (secondary N) is 3. The molecule has 0 unspecified atom stereocenters. The van der Waals surface area contributed by atoms with E-state index in [1.54, 1.807) is 25.1 Å². The highest BCUT2D eigenvalue weighted by Gasteiger charge is 2.15. The van der Waals surface area contributed by atoms with Crippen LogP contribution in [-0.4, -0.2) is 26.7 Å². The molecule has 0 aliphatic rings. The van der Waals surface area contributed by atoms with E-state index in [0.717, 1.165) is 0 Å². The summed E-state index contributed by atoms with van der Waals surface area (Å²) in [4.78, 5) is 38.9. The highest BCUT2D eigenvalue weighted by molar-refractivity contribution is 6.33. The molecule has 4 N–H and O–H groups in total. The van der Waals surface area contributed by atoms with Crippen molar-refractivity contribution in [1.29, 1.82) is 0 Å². The highest BCUT2D eigenvalue weighted by atomic mass is 35.5. The number of H-pyrrole nitrogens is 2. The predicted molar refractivity (Wildman–Crippen MR) is 85.1 cm³/mol. The molecule has 1 aromatic heterocycles. The minimum atomic E-state index is -0.841. The average molecular weight is 337 g/mol. The first-order valence-corrected chi connectivity index (χ1v) is 6.99. The lowest BCUT2D eigenvalue weighted by atomic mass is 10.1. The second-order valence-corrected chi connectivity index (χ2v) is 4.87. The maximum absolute atomic E-state index is 12.0. The summed E-state index contributed by atoms with van der Waals surface area (Å²) in [5, 5.41) is 13.8. The van der Waals surface area contributed by atoms with Crippen LogP contribution in [0.15, 0.2) is 39.0 Å². The Hall–Kier alpha value is -2.87. The largest absolute Gasteiger partial charge is 0.494 e. The number of hydrogen-bond donors (Lipinski definition) is 4. The molecule has 0 aliphatic heterocycles. The Bertz CT molecular complexity index is 885. The summed E-state index contributed by atoms with van der Waals surface area (Å²) in [7, 11) is 0. The Morgan fingerprint density at radius 1 is 1.30 bits per heavy atom. The molecule has 1 amide bonds. The van der Waals surface area contributed by atoms with Gasteiger partial charge in [0.15, 0.2) is 0 Å². The number of carbonyl (C=O) groups is 1. The minimum absolute atomic E-state index is 0.0976. The SMILES string of the molecule is CCC(=NNC(=O)c1ccccc1Cl)c1c(O)[nH]c(=O)[nH]c1=O. The quantitative estimate of drug-likeness (QED) is 0.490. The Balaban J connectivity index is 2.34. The highest BCUT2D eigenvalue weighted by Crippen LogP contribution is 2.14. The molecular weight excluding hydrogens is 324 g/mol. The van der Waals surface area contributed by atoms with Gasteiger partial charge >= 0.3 is 5.69 Å². The summed E-state index contributed by atoms with van der Waals surface area (Å²) < 4.78 is 0. The third-order valence-corrected chi connectivity index (χ3v) is 3.29. The van der Waals surface area contributed by atoms with E-state index in [0.29, 0.717) is 0 Å². The van der Waals surface area contributed by atoms with Gasteiger partial charge in [-0.1, -0.05) is 30.7 Å². The summed E-state index contributed by atoms with van der Waals surface area (Å²) >= 11 is 5.91.